The SMILES string of the molecule is COc1ccc(NC(=O)C=CC(=O)Nc2ccc(OC)cc2)cc1. The van der Waals surface area contributed by atoms with E-state index in [-0.39, 0.29) is 0 Å². The largest absolute Gasteiger partial charge is 0.497 e. The predicted octanol–water partition coefficient (Wildman–Crippen LogP) is 2.84. The highest BCUT2D eigenvalue weighted by Gasteiger charge is 2.02. The highest BCUT2D eigenvalue weighted by molar-refractivity contribution is 6.06. The summed E-state index contributed by atoms with van der Waals surface area (Å²) in [5.41, 5.74) is 1.22. The van der Waals surface area contributed by atoms with Crippen LogP contribution in [0.15, 0.2) is 60.7 Å². The molecule has 124 valence electrons. The summed E-state index contributed by atoms with van der Waals surface area (Å²) in [6, 6.07) is 13.8. The second-order valence-electron chi connectivity index (χ2n) is 4.77. The summed E-state index contributed by atoms with van der Waals surface area (Å²) in [4.78, 5) is 23.6. The second kappa shape index (κ2) is 8.38. The van der Waals surface area contributed by atoms with Crippen molar-refractivity contribution in [3.8, 4) is 11.5 Å². The van der Waals surface area contributed by atoms with Gasteiger partial charge >= 0.3 is 0 Å². The van der Waals surface area contributed by atoms with Gasteiger partial charge in [-0.2, -0.15) is 0 Å². The van der Waals surface area contributed by atoms with Gasteiger partial charge in [-0.25, -0.2) is 0 Å². The Hall–Kier alpha value is -3.28. The van der Waals surface area contributed by atoms with Crippen LogP contribution in [-0.4, -0.2) is 26.0 Å². The molecule has 0 aliphatic rings. The van der Waals surface area contributed by atoms with Crippen LogP contribution in [0.2, 0.25) is 0 Å². The van der Waals surface area contributed by atoms with Gasteiger partial charge in [-0.05, 0) is 48.5 Å². The highest BCUT2D eigenvalue weighted by Crippen LogP contribution is 2.16. The number of carbonyl (C=O) groups excluding carboxylic acids is 2. The van der Waals surface area contributed by atoms with Crippen molar-refractivity contribution in [2.75, 3.05) is 24.9 Å². The van der Waals surface area contributed by atoms with Crippen LogP contribution in [0, 0.1) is 0 Å². The Morgan fingerprint density at radius 2 is 1.04 bits per heavy atom. The molecular formula is C18H18N2O4. The first-order valence-corrected chi connectivity index (χ1v) is 7.19. The Balaban J connectivity index is 1.86. The van der Waals surface area contributed by atoms with E-state index in [1.807, 2.05) is 0 Å². The highest BCUT2D eigenvalue weighted by atomic mass is 16.5. The Labute approximate surface area is 140 Å². The van der Waals surface area contributed by atoms with Crippen LogP contribution in [0.3, 0.4) is 0 Å². The van der Waals surface area contributed by atoms with E-state index in [9.17, 15) is 9.59 Å². The van der Waals surface area contributed by atoms with Crippen molar-refractivity contribution in [3.05, 3.63) is 60.7 Å². The van der Waals surface area contributed by atoms with Gasteiger partial charge in [0.2, 0.25) is 11.8 Å². The molecule has 0 fully saturated rings. The van der Waals surface area contributed by atoms with Gasteiger partial charge in [0.25, 0.3) is 0 Å². The molecule has 2 N–H and O–H groups in total. The molecular weight excluding hydrogens is 308 g/mol. The number of hydrogen-bond donors (Lipinski definition) is 2. The molecule has 0 aliphatic heterocycles. The molecule has 6 heteroatoms. The third-order valence-electron chi connectivity index (χ3n) is 3.10. The molecule has 2 aromatic carbocycles. The van der Waals surface area contributed by atoms with Crippen LogP contribution in [0.1, 0.15) is 0 Å². The first-order valence-electron chi connectivity index (χ1n) is 7.19. The molecule has 0 saturated heterocycles. The molecule has 2 amide bonds. The van der Waals surface area contributed by atoms with E-state index in [4.69, 9.17) is 9.47 Å². The maximum atomic E-state index is 11.8. The molecule has 6 nitrogen and oxygen atoms in total. The van der Waals surface area contributed by atoms with Crippen LogP contribution in [-0.2, 0) is 9.59 Å². The molecule has 0 unspecified atom stereocenters. The quantitative estimate of drug-likeness (QED) is 0.800. The molecule has 0 radical (unpaired) electrons. The maximum Gasteiger partial charge on any atom is 0.248 e. The van der Waals surface area contributed by atoms with Crippen molar-refractivity contribution in [1.82, 2.24) is 0 Å². The van der Waals surface area contributed by atoms with Gasteiger partial charge in [0.15, 0.2) is 0 Å². The lowest BCUT2D eigenvalue weighted by Gasteiger charge is -2.04. The summed E-state index contributed by atoms with van der Waals surface area (Å²) in [5.74, 6) is 0.597. The lowest BCUT2D eigenvalue weighted by molar-refractivity contribution is -0.114. The van der Waals surface area contributed by atoms with Crippen molar-refractivity contribution in [3.63, 3.8) is 0 Å². The summed E-state index contributed by atoms with van der Waals surface area (Å²) in [6.07, 6.45) is 2.34. The van der Waals surface area contributed by atoms with Crippen LogP contribution < -0.4 is 20.1 Å². The topological polar surface area (TPSA) is 76.7 Å². The number of benzene rings is 2. The second-order valence-corrected chi connectivity index (χ2v) is 4.77. The zero-order valence-electron chi connectivity index (χ0n) is 13.4. The average molecular weight is 326 g/mol. The van der Waals surface area contributed by atoms with Crippen LogP contribution >= 0.6 is 0 Å². The van der Waals surface area contributed by atoms with E-state index in [1.54, 1.807) is 62.8 Å². The first-order chi connectivity index (χ1) is 11.6. The summed E-state index contributed by atoms with van der Waals surface area (Å²) in [7, 11) is 3.13. The van der Waals surface area contributed by atoms with E-state index in [0.717, 1.165) is 0 Å². The molecule has 0 bridgehead atoms. The standard InChI is InChI=1S/C18H18N2O4/c1-23-15-7-3-13(4-8-15)19-17(21)11-12-18(22)20-14-5-9-16(24-2)10-6-14/h3-12H,1-2H3,(H,19,21)(H,20,22). The lowest BCUT2D eigenvalue weighted by Crippen LogP contribution is -2.12. The Morgan fingerprint density at radius 1 is 0.708 bits per heavy atom. The smallest absolute Gasteiger partial charge is 0.248 e. The van der Waals surface area contributed by atoms with Gasteiger partial charge in [0, 0.05) is 23.5 Å². The molecule has 0 aromatic heterocycles. The number of rotatable bonds is 6. The number of methoxy groups -OCH3 is 2. The first kappa shape index (κ1) is 17.1. The Bertz CT molecular complexity index is 658. The fourth-order valence-corrected chi connectivity index (χ4v) is 1.87. The van der Waals surface area contributed by atoms with Crippen LogP contribution in [0.4, 0.5) is 11.4 Å². The van der Waals surface area contributed by atoms with Gasteiger partial charge in [0.1, 0.15) is 11.5 Å². The molecule has 0 spiro atoms. The van der Waals surface area contributed by atoms with Crippen molar-refractivity contribution < 1.29 is 19.1 Å². The minimum Gasteiger partial charge on any atom is -0.497 e. The normalized spacial score (nSPS) is 10.2. The van der Waals surface area contributed by atoms with E-state index >= 15 is 0 Å². The minimum atomic E-state index is -0.398. The zero-order valence-corrected chi connectivity index (χ0v) is 13.4. The molecule has 2 aromatic rings. The fraction of sp³-hybridized carbons (Fsp3) is 0.111. The monoisotopic (exact) mass is 326 g/mol. The van der Waals surface area contributed by atoms with E-state index in [0.29, 0.717) is 22.9 Å². The molecule has 2 rings (SSSR count). The van der Waals surface area contributed by atoms with Crippen molar-refractivity contribution in [2.24, 2.45) is 0 Å². The fourth-order valence-electron chi connectivity index (χ4n) is 1.87. The summed E-state index contributed by atoms with van der Waals surface area (Å²) >= 11 is 0. The number of amides is 2. The Kier molecular flexibility index (Phi) is 5.96. The van der Waals surface area contributed by atoms with Crippen molar-refractivity contribution in [2.45, 2.75) is 0 Å². The van der Waals surface area contributed by atoms with Gasteiger partial charge in [-0.1, -0.05) is 0 Å². The van der Waals surface area contributed by atoms with Crippen molar-refractivity contribution in [1.29, 1.82) is 0 Å². The number of nitrogens with one attached hydrogen (secondary N) is 2. The zero-order chi connectivity index (χ0) is 17.4. The van der Waals surface area contributed by atoms with E-state index in [1.165, 1.54) is 12.2 Å². The van der Waals surface area contributed by atoms with Gasteiger partial charge in [-0.3, -0.25) is 9.59 Å². The van der Waals surface area contributed by atoms with Gasteiger partial charge < -0.3 is 20.1 Å². The molecule has 0 atom stereocenters. The Morgan fingerprint density at radius 3 is 1.33 bits per heavy atom. The average Bonchev–Trinajstić information content (AvgIpc) is 2.61. The number of carbonyl (C=O) groups is 2. The van der Waals surface area contributed by atoms with Gasteiger partial charge in [-0.15, -0.1) is 0 Å². The van der Waals surface area contributed by atoms with E-state index in [2.05, 4.69) is 10.6 Å². The lowest BCUT2D eigenvalue weighted by atomic mass is 10.3. The van der Waals surface area contributed by atoms with E-state index < -0.39 is 11.8 Å². The predicted molar refractivity (Wildman–Crippen MR) is 92.4 cm³/mol. The van der Waals surface area contributed by atoms with Gasteiger partial charge in [0.05, 0.1) is 14.2 Å². The number of ether oxygens (including phenoxy) is 2. The number of anilines is 2. The van der Waals surface area contributed by atoms with Crippen molar-refractivity contribution >= 4 is 23.2 Å². The summed E-state index contributed by atoms with van der Waals surface area (Å²) in [5, 5.41) is 5.30. The summed E-state index contributed by atoms with van der Waals surface area (Å²) < 4.78 is 10.1. The molecule has 0 saturated carbocycles. The summed E-state index contributed by atoms with van der Waals surface area (Å²) in [6.45, 7) is 0. The number of hydrogen-bond acceptors (Lipinski definition) is 4. The molecule has 0 aliphatic carbocycles. The third kappa shape index (κ3) is 5.17. The van der Waals surface area contributed by atoms with Crippen LogP contribution in [0.25, 0.3) is 0 Å². The minimum absolute atomic E-state index is 0.398. The molecule has 24 heavy (non-hydrogen) atoms. The van der Waals surface area contributed by atoms with Crippen LogP contribution in [0.5, 0.6) is 11.5 Å². The molecule has 0 heterocycles. The maximum absolute atomic E-state index is 11.8. The third-order valence-corrected chi connectivity index (χ3v) is 3.10.